The van der Waals surface area contributed by atoms with E-state index >= 15 is 0 Å². The smallest absolute Gasteiger partial charge is 0.145 e. The van der Waals surface area contributed by atoms with Crippen LogP contribution in [-0.4, -0.2) is 12.5 Å². The van der Waals surface area contributed by atoms with E-state index in [1.54, 1.807) is 5.94 Å². The Balaban J connectivity index is 2.57. The molecule has 0 amide bonds. The normalized spacial score (nSPS) is 24.3. The molecular formula is C7H8N2O. The Hall–Kier alpha value is -1.26. The zero-order valence-electron chi connectivity index (χ0n) is 5.55. The van der Waals surface area contributed by atoms with Crippen LogP contribution in [0, 0.1) is 17.2 Å². The topological polar surface area (TPSA) is 52.9 Å². The first kappa shape index (κ1) is 6.85. The third-order valence-electron chi connectivity index (χ3n) is 1.59. The van der Waals surface area contributed by atoms with Gasteiger partial charge in [-0.2, -0.15) is 5.26 Å². The number of allylic oxidation sites excluding steroid dienone is 1. The lowest BCUT2D eigenvalue weighted by Crippen LogP contribution is -2.25. The predicted molar refractivity (Wildman–Crippen MR) is 35.5 cm³/mol. The Morgan fingerprint density at radius 1 is 1.70 bits per heavy atom. The summed E-state index contributed by atoms with van der Waals surface area (Å²) < 4.78 is 0. The van der Waals surface area contributed by atoms with Crippen LogP contribution in [0.4, 0.5) is 0 Å². The second kappa shape index (κ2) is 3.05. The molecule has 1 fully saturated rings. The van der Waals surface area contributed by atoms with Gasteiger partial charge in [0.15, 0.2) is 0 Å². The Bertz CT molecular complexity index is 210. The van der Waals surface area contributed by atoms with E-state index in [9.17, 15) is 4.79 Å². The molecule has 0 aromatic rings. The van der Waals surface area contributed by atoms with E-state index in [4.69, 9.17) is 5.26 Å². The van der Waals surface area contributed by atoms with Crippen molar-refractivity contribution in [2.45, 2.75) is 12.8 Å². The molecule has 1 atom stereocenters. The van der Waals surface area contributed by atoms with Crippen LogP contribution in [-0.2, 0) is 4.79 Å². The van der Waals surface area contributed by atoms with Crippen LogP contribution in [0.5, 0.6) is 0 Å². The van der Waals surface area contributed by atoms with Crippen LogP contribution < -0.4 is 5.32 Å². The molecule has 1 rings (SSSR count). The molecule has 1 aliphatic rings. The van der Waals surface area contributed by atoms with E-state index in [1.807, 2.05) is 0 Å². The third-order valence-corrected chi connectivity index (χ3v) is 1.59. The van der Waals surface area contributed by atoms with Crippen molar-refractivity contribution < 1.29 is 4.79 Å². The van der Waals surface area contributed by atoms with Gasteiger partial charge in [0.25, 0.3) is 0 Å². The molecule has 10 heavy (non-hydrogen) atoms. The van der Waals surface area contributed by atoms with Gasteiger partial charge in [-0.15, -0.1) is 0 Å². The SMILES string of the molecule is N#CC1CCNC(=C=O)C1. The van der Waals surface area contributed by atoms with Gasteiger partial charge in [0.1, 0.15) is 5.94 Å². The van der Waals surface area contributed by atoms with E-state index in [0.29, 0.717) is 12.1 Å². The number of nitrogens with one attached hydrogen (secondary N) is 1. The second-order valence-corrected chi connectivity index (χ2v) is 2.33. The first-order valence-electron chi connectivity index (χ1n) is 3.24. The standard InChI is InChI=1S/C7H8N2O/c8-4-6-1-2-9-7(3-6)5-10/h6,9H,1-3H2. The molecule has 0 bridgehead atoms. The Kier molecular flexibility index (Phi) is 2.09. The van der Waals surface area contributed by atoms with E-state index in [2.05, 4.69) is 11.4 Å². The second-order valence-electron chi connectivity index (χ2n) is 2.33. The van der Waals surface area contributed by atoms with Gasteiger partial charge in [0.05, 0.1) is 17.7 Å². The maximum atomic E-state index is 10.1. The monoisotopic (exact) mass is 136 g/mol. The fourth-order valence-corrected chi connectivity index (χ4v) is 1.01. The lowest BCUT2D eigenvalue weighted by molar-refractivity contribution is 0.494. The Morgan fingerprint density at radius 3 is 3.10 bits per heavy atom. The molecule has 0 radical (unpaired) electrons. The highest BCUT2D eigenvalue weighted by atomic mass is 16.1. The third kappa shape index (κ3) is 1.37. The number of hydrogen-bond acceptors (Lipinski definition) is 3. The number of rotatable bonds is 0. The summed E-state index contributed by atoms with van der Waals surface area (Å²) in [5, 5.41) is 11.4. The highest BCUT2D eigenvalue weighted by Crippen LogP contribution is 2.14. The van der Waals surface area contributed by atoms with Crippen LogP contribution in [0.3, 0.4) is 0 Å². The van der Waals surface area contributed by atoms with Gasteiger partial charge in [-0.3, -0.25) is 0 Å². The van der Waals surface area contributed by atoms with Gasteiger partial charge in [-0.1, -0.05) is 0 Å². The van der Waals surface area contributed by atoms with Crippen LogP contribution in [0.2, 0.25) is 0 Å². The molecule has 1 saturated heterocycles. The van der Waals surface area contributed by atoms with E-state index < -0.39 is 0 Å². The van der Waals surface area contributed by atoms with Crippen molar-refractivity contribution in [1.82, 2.24) is 5.32 Å². The van der Waals surface area contributed by atoms with Crippen molar-refractivity contribution >= 4 is 5.94 Å². The fourth-order valence-electron chi connectivity index (χ4n) is 1.01. The van der Waals surface area contributed by atoms with E-state index in [0.717, 1.165) is 13.0 Å². The summed E-state index contributed by atoms with van der Waals surface area (Å²) in [4.78, 5) is 10.1. The molecule has 0 saturated carbocycles. The number of carbonyl (C=O) groups excluding carboxylic acids is 1. The molecular weight excluding hydrogens is 128 g/mol. The van der Waals surface area contributed by atoms with Crippen LogP contribution in [0.15, 0.2) is 5.70 Å². The highest BCUT2D eigenvalue weighted by Gasteiger charge is 2.15. The minimum absolute atomic E-state index is 0.0118. The van der Waals surface area contributed by atoms with Gasteiger partial charge in [0, 0.05) is 13.0 Å². The maximum absolute atomic E-state index is 10.1. The molecule has 3 heteroatoms. The molecule has 0 aliphatic carbocycles. The first-order chi connectivity index (χ1) is 4.86. The van der Waals surface area contributed by atoms with Gasteiger partial charge in [-0.25, -0.2) is 4.79 Å². The van der Waals surface area contributed by atoms with Gasteiger partial charge in [-0.05, 0) is 6.42 Å². The average Bonchev–Trinajstić information content (AvgIpc) is 2.05. The number of nitriles is 1. The Morgan fingerprint density at radius 2 is 2.50 bits per heavy atom. The summed E-state index contributed by atoms with van der Waals surface area (Å²) in [6.07, 6.45) is 1.38. The summed E-state index contributed by atoms with van der Waals surface area (Å²) in [5.41, 5.74) is 0.540. The fraction of sp³-hybridized carbons (Fsp3) is 0.571. The predicted octanol–water partition coefficient (Wildman–Crippen LogP) is 0.225. The minimum Gasteiger partial charge on any atom is -0.379 e. The number of piperidine rings is 1. The van der Waals surface area contributed by atoms with Gasteiger partial charge >= 0.3 is 0 Å². The lowest BCUT2D eigenvalue weighted by Gasteiger charge is -2.17. The summed E-state index contributed by atoms with van der Waals surface area (Å²) >= 11 is 0. The molecule has 1 aliphatic heterocycles. The zero-order chi connectivity index (χ0) is 7.40. The van der Waals surface area contributed by atoms with Crippen LogP contribution >= 0.6 is 0 Å². The molecule has 52 valence electrons. The minimum atomic E-state index is 0.0118. The zero-order valence-corrected chi connectivity index (χ0v) is 5.55. The van der Waals surface area contributed by atoms with Crippen molar-refractivity contribution in [2.75, 3.05) is 6.54 Å². The van der Waals surface area contributed by atoms with Crippen molar-refractivity contribution in [3.63, 3.8) is 0 Å². The van der Waals surface area contributed by atoms with Crippen molar-refractivity contribution in [1.29, 1.82) is 5.26 Å². The van der Waals surface area contributed by atoms with E-state index in [1.165, 1.54) is 0 Å². The summed E-state index contributed by atoms with van der Waals surface area (Å²) in [6.45, 7) is 0.725. The van der Waals surface area contributed by atoms with Crippen molar-refractivity contribution in [3.05, 3.63) is 5.70 Å². The Labute approximate surface area is 59.3 Å². The lowest BCUT2D eigenvalue weighted by atomic mass is 9.98. The molecule has 0 aromatic carbocycles. The summed E-state index contributed by atoms with van der Waals surface area (Å²) in [5.74, 6) is 1.78. The highest BCUT2D eigenvalue weighted by molar-refractivity contribution is 5.52. The van der Waals surface area contributed by atoms with Crippen LogP contribution in [0.1, 0.15) is 12.8 Å². The maximum Gasteiger partial charge on any atom is 0.145 e. The molecule has 0 aromatic heterocycles. The van der Waals surface area contributed by atoms with E-state index in [-0.39, 0.29) is 5.92 Å². The largest absolute Gasteiger partial charge is 0.379 e. The average molecular weight is 136 g/mol. The molecule has 0 spiro atoms. The number of hydrogen-bond donors (Lipinski definition) is 1. The van der Waals surface area contributed by atoms with Crippen LogP contribution in [0.25, 0.3) is 0 Å². The van der Waals surface area contributed by atoms with Crippen molar-refractivity contribution in [3.8, 4) is 6.07 Å². The molecule has 3 nitrogen and oxygen atoms in total. The first-order valence-corrected chi connectivity index (χ1v) is 3.24. The van der Waals surface area contributed by atoms with Gasteiger partial charge < -0.3 is 5.32 Å². The molecule has 1 heterocycles. The summed E-state index contributed by atoms with van der Waals surface area (Å²) in [6, 6.07) is 2.13. The van der Waals surface area contributed by atoms with Crippen molar-refractivity contribution in [2.24, 2.45) is 5.92 Å². The molecule has 1 N–H and O–H groups in total. The summed E-state index contributed by atoms with van der Waals surface area (Å²) in [7, 11) is 0. The molecule has 1 unspecified atom stereocenters. The van der Waals surface area contributed by atoms with Gasteiger partial charge in [0.2, 0.25) is 0 Å². The quantitative estimate of drug-likeness (QED) is 0.485. The number of nitrogens with zero attached hydrogens (tertiary/aromatic N) is 1.